The molecule has 76 valence electrons. The average molecular weight is 194 g/mol. The van der Waals surface area contributed by atoms with Crippen LogP contribution in [-0.2, 0) is 19.4 Å². The Balaban J connectivity index is 2.72. The van der Waals surface area contributed by atoms with Gasteiger partial charge in [-0.05, 0) is 5.53 Å². The molecule has 6 nitrogen and oxygen atoms in total. The first-order chi connectivity index (χ1) is 6.81. The first-order valence-electron chi connectivity index (χ1n) is 4.75. The van der Waals surface area contributed by atoms with Gasteiger partial charge in [-0.1, -0.05) is 19.0 Å². The van der Waals surface area contributed by atoms with Gasteiger partial charge in [-0.3, -0.25) is 0 Å². The molecule has 0 aliphatic carbocycles. The van der Waals surface area contributed by atoms with Crippen LogP contribution in [0.2, 0.25) is 0 Å². The second kappa shape index (κ2) is 5.24. The van der Waals surface area contributed by atoms with E-state index >= 15 is 0 Å². The van der Waals surface area contributed by atoms with Crippen LogP contribution < -0.4 is 0 Å². The third kappa shape index (κ3) is 2.47. The largest absolute Gasteiger partial charge is 0.250 e. The van der Waals surface area contributed by atoms with Gasteiger partial charge in [0.25, 0.3) is 0 Å². The molecule has 0 fully saturated rings. The summed E-state index contributed by atoms with van der Waals surface area (Å²) in [6.45, 7) is 5.09. The summed E-state index contributed by atoms with van der Waals surface area (Å²) < 4.78 is 1.81. The predicted molar refractivity (Wildman–Crippen MR) is 52.8 cm³/mol. The van der Waals surface area contributed by atoms with Gasteiger partial charge in [-0.2, -0.15) is 5.10 Å². The fourth-order valence-electron chi connectivity index (χ4n) is 1.20. The maximum atomic E-state index is 8.14. The molecule has 0 atom stereocenters. The molecule has 14 heavy (non-hydrogen) atoms. The smallest absolute Gasteiger partial charge is 0.150 e. The van der Waals surface area contributed by atoms with Gasteiger partial charge in [0.2, 0.25) is 0 Å². The summed E-state index contributed by atoms with van der Waals surface area (Å²) >= 11 is 0. The number of nitrogens with zero attached hydrogens (tertiary/aromatic N) is 6. The van der Waals surface area contributed by atoms with E-state index < -0.39 is 0 Å². The van der Waals surface area contributed by atoms with E-state index in [4.69, 9.17) is 5.53 Å². The van der Waals surface area contributed by atoms with Gasteiger partial charge >= 0.3 is 0 Å². The zero-order chi connectivity index (χ0) is 10.4. The molecule has 0 saturated heterocycles. The molecule has 1 heterocycles. The molecule has 0 aliphatic rings. The van der Waals surface area contributed by atoms with Gasteiger partial charge in [0.15, 0.2) is 5.82 Å². The molecule has 0 bridgehead atoms. The molecule has 6 heteroatoms. The molecule has 0 aliphatic heterocycles. The van der Waals surface area contributed by atoms with Crippen molar-refractivity contribution in [2.75, 3.05) is 6.54 Å². The Morgan fingerprint density at radius 1 is 1.43 bits per heavy atom. The van der Waals surface area contributed by atoms with Crippen LogP contribution in [-0.4, -0.2) is 21.3 Å². The van der Waals surface area contributed by atoms with Gasteiger partial charge in [-0.15, -0.1) is 0 Å². The van der Waals surface area contributed by atoms with Crippen molar-refractivity contribution in [2.45, 2.75) is 33.2 Å². The number of azide groups is 1. The molecule has 0 radical (unpaired) electrons. The van der Waals surface area contributed by atoms with Crippen LogP contribution in [0.4, 0.5) is 0 Å². The quantitative estimate of drug-likeness (QED) is 0.406. The standard InChI is InChI=1S/C8H14N6/c1-3-7-11-8(4-2)14(12-7)6-5-10-13-9/h3-6H2,1-2H3. The minimum absolute atomic E-state index is 0.427. The van der Waals surface area contributed by atoms with E-state index in [9.17, 15) is 0 Å². The SMILES string of the molecule is CCc1nc(CC)n(CCN=[N+]=[N-])n1. The fourth-order valence-corrected chi connectivity index (χ4v) is 1.20. The minimum Gasteiger partial charge on any atom is -0.250 e. The normalized spacial score (nSPS) is 9.86. The third-order valence-corrected chi connectivity index (χ3v) is 1.90. The Morgan fingerprint density at radius 3 is 2.79 bits per heavy atom. The topological polar surface area (TPSA) is 79.5 Å². The van der Waals surface area contributed by atoms with Crippen LogP contribution in [0.1, 0.15) is 25.5 Å². The lowest BCUT2D eigenvalue weighted by atomic mass is 10.4. The van der Waals surface area contributed by atoms with Crippen molar-refractivity contribution in [1.82, 2.24) is 14.8 Å². The highest BCUT2D eigenvalue weighted by Crippen LogP contribution is 2.00. The summed E-state index contributed by atoms with van der Waals surface area (Å²) in [5.41, 5.74) is 8.14. The van der Waals surface area contributed by atoms with Gasteiger partial charge in [-0.25, -0.2) is 9.67 Å². The molecular formula is C8H14N6. The monoisotopic (exact) mass is 194 g/mol. The van der Waals surface area contributed by atoms with Gasteiger partial charge in [0.1, 0.15) is 5.82 Å². The Morgan fingerprint density at radius 2 is 2.21 bits per heavy atom. The molecule has 0 saturated carbocycles. The van der Waals surface area contributed by atoms with Crippen LogP contribution >= 0.6 is 0 Å². The van der Waals surface area contributed by atoms with Crippen LogP contribution in [0.5, 0.6) is 0 Å². The Kier molecular flexibility index (Phi) is 3.94. The maximum absolute atomic E-state index is 8.14. The number of hydrogen-bond acceptors (Lipinski definition) is 3. The first kappa shape index (κ1) is 10.5. The zero-order valence-corrected chi connectivity index (χ0v) is 8.51. The summed E-state index contributed by atoms with van der Waals surface area (Å²) in [7, 11) is 0. The lowest BCUT2D eigenvalue weighted by molar-refractivity contribution is 0.586. The molecule has 0 spiro atoms. The number of aromatic nitrogens is 3. The molecule has 0 N–H and O–H groups in total. The summed E-state index contributed by atoms with van der Waals surface area (Å²) in [5, 5.41) is 7.76. The van der Waals surface area contributed by atoms with Crippen molar-refractivity contribution in [3.63, 3.8) is 0 Å². The predicted octanol–water partition coefficient (Wildman–Crippen LogP) is 1.71. The van der Waals surface area contributed by atoms with Crippen molar-refractivity contribution < 1.29 is 0 Å². The van der Waals surface area contributed by atoms with Gasteiger partial charge < -0.3 is 0 Å². The van der Waals surface area contributed by atoms with E-state index in [1.165, 1.54) is 0 Å². The molecule has 0 aromatic carbocycles. The summed E-state index contributed by atoms with van der Waals surface area (Å²) in [6, 6.07) is 0. The third-order valence-electron chi connectivity index (χ3n) is 1.90. The number of rotatable bonds is 5. The maximum Gasteiger partial charge on any atom is 0.150 e. The second-order valence-corrected chi connectivity index (χ2v) is 2.83. The minimum atomic E-state index is 0.427. The first-order valence-corrected chi connectivity index (χ1v) is 4.75. The van der Waals surface area contributed by atoms with Crippen molar-refractivity contribution in [3.8, 4) is 0 Å². The van der Waals surface area contributed by atoms with E-state index in [0.29, 0.717) is 13.1 Å². The van der Waals surface area contributed by atoms with Crippen molar-refractivity contribution in [2.24, 2.45) is 5.11 Å². The molecular weight excluding hydrogens is 180 g/mol. The van der Waals surface area contributed by atoms with Crippen LogP contribution in [0, 0.1) is 0 Å². The lowest BCUT2D eigenvalue weighted by Gasteiger charge is -1.99. The Bertz CT molecular complexity index is 336. The Labute approximate surface area is 82.6 Å². The number of hydrogen-bond donors (Lipinski definition) is 0. The van der Waals surface area contributed by atoms with Crippen LogP contribution in [0.15, 0.2) is 5.11 Å². The molecule has 1 aromatic heterocycles. The fraction of sp³-hybridized carbons (Fsp3) is 0.750. The van der Waals surface area contributed by atoms with E-state index in [1.807, 2.05) is 18.5 Å². The van der Waals surface area contributed by atoms with Crippen molar-refractivity contribution in [1.29, 1.82) is 0 Å². The van der Waals surface area contributed by atoms with Crippen molar-refractivity contribution in [3.05, 3.63) is 22.1 Å². The zero-order valence-electron chi connectivity index (χ0n) is 8.51. The molecule has 1 rings (SSSR count). The summed E-state index contributed by atoms with van der Waals surface area (Å²) in [6.07, 6.45) is 1.69. The highest BCUT2D eigenvalue weighted by atomic mass is 15.4. The van der Waals surface area contributed by atoms with Gasteiger partial charge in [0.05, 0.1) is 0 Å². The van der Waals surface area contributed by atoms with E-state index in [2.05, 4.69) is 20.1 Å². The number of aryl methyl sites for hydroxylation is 2. The molecule has 0 amide bonds. The molecule has 0 unspecified atom stereocenters. The highest BCUT2D eigenvalue weighted by molar-refractivity contribution is 4.92. The molecule has 1 aromatic rings. The van der Waals surface area contributed by atoms with E-state index in [0.717, 1.165) is 24.5 Å². The highest BCUT2D eigenvalue weighted by Gasteiger charge is 2.05. The van der Waals surface area contributed by atoms with Crippen LogP contribution in [0.3, 0.4) is 0 Å². The van der Waals surface area contributed by atoms with E-state index in [-0.39, 0.29) is 0 Å². The van der Waals surface area contributed by atoms with Gasteiger partial charge in [0, 0.05) is 30.8 Å². The van der Waals surface area contributed by atoms with Crippen molar-refractivity contribution >= 4 is 0 Å². The summed E-state index contributed by atoms with van der Waals surface area (Å²) in [4.78, 5) is 7.04. The average Bonchev–Trinajstić information content (AvgIpc) is 2.61. The Hall–Kier alpha value is -1.55. The second-order valence-electron chi connectivity index (χ2n) is 2.83. The summed E-state index contributed by atoms with van der Waals surface area (Å²) in [5.74, 6) is 1.80. The lowest BCUT2D eigenvalue weighted by Crippen LogP contribution is -2.07. The van der Waals surface area contributed by atoms with E-state index in [1.54, 1.807) is 0 Å². The van der Waals surface area contributed by atoms with Crippen LogP contribution in [0.25, 0.3) is 10.4 Å².